The summed E-state index contributed by atoms with van der Waals surface area (Å²) in [7, 11) is 0. The molecule has 25 heavy (non-hydrogen) atoms. The minimum Gasteiger partial charge on any atom is -0.381 e. The van der Waals surface area contributed by atoms with Gasteiger partial charge in [0.2, 0.25) is 12.3 Å². The van der Waals surface area contributed by atoms with E-state index in [1.54, 1.807) is 0 Å². The number of carbonyl (C=O) groups excluding carboxylic acids is 3. The van der Waals surface area contributed by atoms with E-state index < -0.39 is 24.0 Å². The van der Waals surface area contributed by atoms with Gasteiger partial charge in [-0.1, -0.05) is 44.2 Å². The van der Waals surface area contributed by atoms with Gasteiger partial charge in [-0.05, 0) is 24.2 Å². The number of amides is 3. The monoisotopic (exact) mass is 366 g/mol. The van der Waals surface area contributed by atoms with Crippen molar-refractivity contribution in [1.29, 1.82) is 0 Å². The van der Waals surface area contributed by atoms with Gasteiger partial charge in [-0.3, -0.25) is 19.7 Å². The van der Waals surface area contributed by atoms with Crippen molar-refractivity contribution in [2.75, 3.05) is 5.75 Å². The number of carbonyl (C=O) groups is 3. The fraction of sp³-hybridized carbons (Fsp3) is 0.500. The van der Waals surface area contributed by atoms with Crippen LogP contribution in [0.15, 0.2) is 30.3 Å². The lowest BCUT2D eigenvalue weighted by Crippen LogP contribution is -2.53. The average molecular weight is 366 g/mol. The number of imide groups is 1. The molecule has 0 saturated carbocycles. The zero-order valence-electron chi connectivity index (χ0n) is 14.6. The number of nitrogens with one attached hydrogen (secondary N) is 2. The Balaban J connectivity index is 2.46. The first kappa shape index (κ1) is 21.2. The first-order chi connectivity index (χ1) is 12.0. The number of aliphatic hydroxyl groups excluding tert-OH is 1. The molecule has 0 radical (unpaired) electrons. The molecule has 3 atom stereocenters. The lowest BCUT2D eigenvalue weighted by molar-refractivity contribution is -0.136. The Bertz CT molecular complexity index is 553. The summed E-state index contributed by atoms with van der Waals surface area (Å²) < 4.78 is 0. The van der Waals surface area contributed by atoms with E-state index in [9.17, 15) is 19.5 Å². The summed E-state index contributed by atoms with van der Waals surface area (Å²) in [4.78, 5) is 34.7. The van der Waals surface area contributed by atoms with Gasteiger partial charge in [-0.2, -0.15) is 11.8 Å². The molecule has 0 fully saturated rings. The number of aryl methyl sites for hydroxylation is 1. The fourth-order valence-electron chi connectivity index (χ4n) is 2.46. The van der Waals surface area contributed by atoms with Crippen LogP contribution in [0.1, 0.15) is 32.3 Å². The van der Waals surface area contributed by atoms with Crippen LogP contribution < -0.4 is 10.6 Å². The molecule has 3 N–H and O–H groups in total. The van der Waals surface area contributed by atoms with Crippen LogP contribution in [-0.2, 0) is 20.8 Å². The quantitative estimate of drug-likeness (QED) is 0.513. The lowest BCUT2D eigenvalue weighted by Gasteiger charge is -2.26. The Labute approximate surface area is 152 Å². The predicted octanol–water partition coefficient (Wildman–Crippen LogP) is 1.27. The van der Waals surface area contributed by atoms with Gasteiger partial charge in [0, 0.05) is 11.7 Å². The minimum atomic E-state index is -1.47. The Morgan fingerprint density at radius 2 is 1.96 bits per heavy atom. The molecule has 138 valence electrons. The lowest BCUT2D eigenvalue weighted by atomic mass is 10.1. The van der Waals surface area contributed by atoms with E-state index in [1.807, 2.05) is 44.2 Å². The molecular formula is C18H26N2O4S. The molecule has 2 unspecified atom stereocenters. The molecule has 1 aromatic carbocycles. The molecule has 0 bridgehead atoms. The number of aliphatic hydroxyl groups is 1. The maximum atomic E-state index is 12.1. The molecule has 1 rings (SSSR count). The molecule has 7 heteroatoms. The van der Waals surface area contributed by atoms with E-state index in [1.165, 1.54) is 11.8 Å². The van der Waals surface area contributed by atoms with Gasteiger partial charge in [0.1, 0.15) is 0 Å². The van der Waals surface area contributed by atoms with Crippen LogP contribution in [0.25, 0.3) is 0 Å². The molecule has 6 nitrogen and oxygen atoms in total. The summed E-state index contributed by atoms with van der Waals surface area (Å²) in [5, 5.41) is 14.7. The Hall–Kier alpha value is -1.86. The normalized spacial score (nSPS) is 14.2. The van der Waals surface area contributed by atoms with Gasteiger partial charge in [0.25, 0.3) is 5.91 Å². The molecule has 0 spiro atoms. The second-order valence-corrected chi connectivity index (χ2v) is 7.32. The van der Waals surface area contributed by atoms with Crippen LogP contribution in [0.3, 0.4) is 0 Å². The van der Waals surface area contributed by atoms with Crippen LogP contribution in [0.4, 0.5) is 0 Å². The van der Waals surface area contributed by atoms with Gasteiger partial charge in [-0.15, -0.1) is 0 Å². The Morgan fingerprint density at radius 3 is 2.56 bits per heavy atom. The smallest absolute Gasteiger partial charge is 0.257 e. The summed E-state index contributed by atoms with van der Waals surface area (Å²) in [5.41, 5.74) is 1.13. The Kier molecular flexibility index (Phi) is 9.87. The van der Waals surface area contributed by atoms with Crippen LogP contribution >= 0.6 is 11.8 Å². The third-order valence-electron chi connectivity index (χ3n) is 3.78. The highest BCUT2D eigenvalue weighted by Crippen LogP contribution is 2.16. The predicted molar refractivity (Wildman–Crippen MR) is 99.1 cm³/mol. The third kappa shape index (κ3) is 7.70. The van der Waals surface area contributed by atoms with Gasteiger partial charge in [0.05, 0.1) is 6.04 Å². The third-order valence-corrected chi connectivity index (χ3v) is 4.93. The number of thioether (sulfide) groups is 1. The first-order valence-electron chi connectivity index (χ1n) is 8.36. The molecule has 0 aliphatic carbocycles. The first-order valence-corrected chi connectivity index (χ1v) is 9.41. The van der Waals surface area contributed by atoms with Gasteiger partial charge in [0.15, 0.2) is 6.10 Å². The SMILES string of the molecule is CCSC(C)[C@H](NC=O)C(O)C(=O)NC(=O)CCCc1ccccc1. The Morgan fingerprint density at radius 1 is 1.28 bits per heavy atom. The molecule has 0 aromatic heterocycles. The van der Waals surface area contributed by atoms with Crippen molar-refractivity contribution in [2.24, 2.45) is 0 Å². The topological polar surface area (TPSA) is 95.5 Å². The minimum absolute atomic E-state index is 0.163. The van der Waals surface area contributed by atoms with Crippen LogP contribution in [-0.4, -0.2) is 46.5 Å². The van der Waals surface area contributed by atoms with E-state index in [-0.39, 0.29) is 11.7 Å². The molecule has 1 aromatic rings. The van der Waals surface area contributed by atoms with E-state index in [0.717, 1.165) is 17.7 Å². The molecule has 0 saturated heterocycles. The summed E-state index contributed by atoms with van der Waals surface area (Å²) in [6.45, 7) is 3.76. The number of hydrogen-bond donors (Lipinski definition) is 3. The average Bonchev–Trinajstić information content (AvgIpc) is 2.60. The van der Waals surface area contributed by atoms with E-state index in [0.29, 0.717) is 12.8 Å². The molecule has 3 amide bonds. The van der Waals surface area contributed by atoms with Gasteiger partial charge in [-0.25, -0.2) is 0 Å². The number of hydrogen-bond acceptors (Lipinski definition) is 5. The highest BCUT2D eigenvalue weighted by Gasteiger charge is 2.31. The van der Waals surface area contributed by atoms with Crippen molar-refractivity contribution < 1.29 is 19.5 Å². The number of benzene rings is 1. The second kappa shape index (κ2) is 11.7. The van der Waals surface area contributed by atoms with Crippen molar-refractivity contribution in [3.8, 4) is 0 Å². The van der Waals surface area contributed by atoms with Gasteiger partial charge >= 0.3 is 0 Å². The zero-order chi connectivity index (χ0) is 18.7. The van der Waals surface area contributed by atoms with Crippen LogP contribution in [0.2, 0.25) is 0 Å². The maximum Gasteiger partial charge on any atom is 0.257 e. The highest BCUT2D eigenvalue weighted by atomic mass is 32.2. The summed E-state index contributed by atoms with van der Waals surface area (Å²) >= 11 is 1.51. The van der Waals surface area contributed by atoms with E-state index >= 15 is 0 Å². The standard InChI is InChI=1S/C18H26N2O4S/c1-3-25-13(2)16(19-12-21)17(23)18(24)20-15(22)11-7-10-14-8-5-4-6-9-14/h4-6,8-9,12-13,16-17,23H,3,7,10-11H2,1-2H3,(H,19,21)(H,20,22,24)/t13?,16-,17?/m0/s1. The van der Waals surface area contributed by atoms with Gasteiger partial charge < -0.3 is 10.4 Å². The molecular weight excluding hydrogens is 340 g/mol. The fourth-order valence-corrected chi connectivity index (χ4v) is 3.42. The summed E-state index contributed by atoms with van der Waals surface area (Å²) in [6.07, 6.45) is 0.521. The van der Waals surface area contributed by atoms with Crippen molar-refractivity contribution in [2.45, 2.75) is 50.5 Å². The molecule has 0 heterocycles. The van der Waals surface area contributed by atoms with Crippen LogP contribution in [0, 0.1) is 0 Å². The zero-order valence-corrected chi connectivity index (χ0v) is 15.4. The van der Waals surface area contributed by atoms with Crippen molar-refractivity contribution >= 4 is 30.0 Å². The van der Waals surface area contributed by atoms with Crippen molar-refractivity contribution in [1.82, 2.24) is 10.6 Å². The summed E-state index contributed by atoms with van der Waals surface area (Å²) in [6, 6.07) is 9.01. The number of rotatable bonds is 11. The largest absolute Gasteiger partial charge is 0.381 e. The van der Waals surface area contributed by atoms with Crippen molar-refractivity contribution in [3.63, 3.8) is 0 Å². The van der Waals surface area contributed by atoms with Crippen LogP contribution in [0.5, 0.6) is 0 Å². The van der Waals surface area contributed by atoms with E-state index in [2.05, 4.69) is 10.6 Å². The molecule has 0 aliphatic rings. The molecule has 0 aliphatic heterocycles. The maximum absolute atomic E-state index is 12.1. The van der Waals surface area contributed by atoms with E-state index in [4.69, 9.17) is 0 Å². The second-order valence-electron chi connectivity index (χ2n) is 5.67. The van der Waals surface area contributed by atoms with Crippen molar-refractivity contribution in [3.05, 3.63) is 35.9 Å². The highest BCUT2D eigenvalue weighted by molar-refractivity contribution is 7.99. The summed E-state index contributed by atoms with van der Waals surface area (Å²) in [5.74, 6) is -0.432.